The largest absolute Gasteiger partial charge is 0.399 e. The van der Waals surface area contributed by atoms with Crippen molar-refractivity contribution in [2.75, 3.05) is 5.73 Å². The smallest absolute Gasteiger partial charge is 0.0684 e. The van der Waals surface area contributed by atoms with Gasteiger partial charge in [-0.25, -0.2) is 0 Å². The molecule has 0 spiro atoms. The van der Waals surface area contributed by atoms with Gasteiger partial charge in [0, 0.05) is 29.3 Å². The zero-order chi connectivity index (χ0) is 12.5. The zero-order valence-corrected chi connectivity index (χ0v) is 10.3. The maximum Gasteiger partial charge on any atom is 0.0684 e. The molecule has 3 heteroatoms. The summed E-state index contributed by atoms with van der Waals surface area (Å²) in [5.74, 6) is 0. The minimum atomic E-state index is -0.273. The third-order valence-electron chi connectivity index (χ3n) is 3.08. The lowest BCUT2D eigenvalue weighted by Gasteiger charge is -2.15. The molecule has 0 saturated heterocycles. The van der Waals surface area contributed by atoms with Crippen molar-refractivity contribution in [2.24, 2.45) is 5.41 Å². The van der Waals surface area contributed by atoms with Crippen LogP contribution >= 0.6 is 0 Å². The summed E-state index contributed by atoms with van der Waals surface area (Å²) in [6.45, 7) is 4.79. The monoisotopic (exact) mass is 227 g/mol. The summed E-state index contributed by atoms with van der Waals surface area (Å²) in [4.78, 5) is 0. The predicted molar refractivity (Wildman–Crippen MR) is 70.4 cm³/mol. The van der Waals surface area contributed by atoms with E-state index in [1.165, 1.54) is 5.52 Å². The van der Waals surface area contributed by atoms with Gasteiger partial charge in [0.15, 0.2) is 0 Å². The molecule has 2 aromatic rings. The Morgan fingerprint density at radius 2 is 2.12 bits per heavy atom. The van der Waals surface area contributed by atoms with Crippen molar-refractivity contribution in [3.63, 3.8) is 0 Å². The molecule has 0 amide bonds. The van der Waals surface area contributed by atoms with Gasteiger partial charge in [0.1, 0.15) is 0 Å². The van der Waals surface area contributed by atoms with Gasteiger partial charge in [-0.05, 0) is 44.5 Å². The van der Waals surface area contributed by atoms with E-state index in [9.17, 15) is 0 Å². The Kier molecular flexibility index (Phi) is 2.81. The van der Waals surface area contributed by atoms with Crippen molar-refractivity contribution in [2.45, 2.75) is 26.8 Å². The number of hydrogen-bond acceptors (Lipinski definition) is 2. The van der Waals surface area contributed by atoms with E-state index in [2.05, 4.69) is 22.9 Å². The molecule has 0 radical (unpaired) electrons. The predicted octanol–water partition coefficient (Wildman–Crippen LogP) is 3.16. The lowest BCUT2D eigenvalue weighted by Crippen LogP contribution is -2.11. The SMILES string of the molecule is CC(C)(C#N)CCn1ccc2cc(N)ccc21. The molecule has 0 bridgehead atoms. The van der Waals surface area contributed by atoms with E-state index in [1.807, 2.05) is 32.0 Å². The van der Waals surface area contributed by atoms with Crippen LogP contribution in [0.1, 0.15) is 20.3 Å². The minimum absolute atomic E-state index is 0.273. The molecule has 0 fully saturated rings. The second-order valence-corrected chi connectivity index (χ2v) is 5.07. The van der Waals surface area contributed by atoms with Gasteiger partial charge in [-0.15, -0.1) is 0 Å². The van der Waals surface area contributed by atoms with Crippen LogP contribution in [0, 0.1) is 16.7 Å². The normalized spacial score (nSPS) is 11.6. The van der Waals surface area contributed by atoms with E-state index in [0.717, 1.165) is 24.0 Å². The molecule has 0 aliphatic carbocycles. The van der Waals surface area contributed by atoms with Crippen LogP contribution < -0.4 is 5.73 Å². The number of anilines is 1. The number of rotatable bonds is 3. The molecule has 2 rings (SSSR count). The first-order chi connectivity index (χ1) is 8.02. The van der Waals surface area contributed by atoms with Crippen LogP contribution in [0.2, 0.25) is 0 Å². The average molecular weight is 227 g/mol. The van der Waals surface area contributed by atoms with E-state index in [0.29, 0.717) is 0 Å². The molecule has 1 aromatic carbocycles. The van der Waals surface area contributed by atoms with E-state index in [4.69, 9.17) is 11.0 Å². The number of aryl methyl sites for hydroxylation is 1. The Morgan fingerprint density at radius 1 is 1.35 bits per heavy atom. The number of benzene rings is 1. The highest BCUT2D eigenvalue weighted by molar-refractivity contribution is 5.83. The first kappa shape index (κ1) is 11.5. The Bertz CT molecular complexity index is 573. The van der Waals surface area contributed by atoms with Crippen molar-refractivity contribution in [3.05, 3.63) is 30.5 Å². The molecule has 0 atom stereocenters. The lowest BCUT2D eigenvalue weighted by molar-refractivity contribution is 0.417. The highest BCUT2D eigenvalue weighted by atomic mass is 14.9. The molecule has 0 aliphatic heterocycles. The second kappa shape index (κ2) is 4.14. The summed E-state index contributed by atoms with van der Waals surface area (Å²) >= 11 is 0. The van der Waals surface area contributed by atoms with Gasteiger partial charge in [0.25, 0.3) is 0 Å². The fourth-order valence-electron chi connectivity index (χ4n) is 1.87. The van der Waals surface area contributed by atoms with Gasteiger partial charge in [-0.1, -0.05) is 0 Å². The van der Waals surface area contributed by atoms with Crippen LogP contribution in [0.4, 0.5) is 5.69 Å². The van der Waals surface area contributed by atoms with Gasteiger partial charge in [0.2, 0.25) is 0 Å². The summed E-state index contributed by atoms with van der Waals surface area (Å²) in [6.07, 6.45) is 2.90. The third kappa shape index (κ3) is 2.42. The Hall–Kier alpha value is -1.95. The molecule has 0 saturated carbocycles. The first-order valence-electron chi connectivity index (χ1n) is 5.77. The molecular formula is C14H17N3. The maximum absolute atomic E-state index is 9.00. The Morgan fingerprint density at radius 3 is 2.82 bits per heavy atom. The van der Waals surface area contributed by atoms with Crippen LogP contribution in [0.5, 0.6) is 0 Å². The summed E-state index contributed by atoms with van der Waals surface area (Å²) < 4.78 is 2.17. The fraction of sp³-hybridized carbons (Fsp3) is 0.357. The molecule has 0 unspecified atom stereocenters. The molecule has 1 heterocycles. The topological polar surface area (TPSA) is 54.7 Å². The van der Waals surface area contributed by atoms with Crippen molar-refractivity contribution < 1.29 is 0 Å². The van der Waals surface area contributed by atoms with Crippen LogP contribution in [0.25, 0.3) is 10.9 Å². The molecule has 17 heavy (non-hydrogen) atoms. The van der Waals surface area contributed by atoms with Crippen molar-refractivity contribution in [1.82, 2.24) is 4.57 Å². The summed E-state index contributed by atoms with van der Waals surface area (Å²) in [7, 11) is 0. The van der Waals surface area contributed by atoms with Gasteiger partial charge in [-0.2, -0.15) is 5.26 Å². The fourth-order valence-corrected chi connectivity index (χ4v) is 1.87. The van der Waals surface area contributed by atoms with E-state index >= 15 is 0 Å². The van der Waals surface area contributed by atoms with Crippen LogP contribution in [0.3, 0.4) is 0 Å². The Labute approximate surface area is 101 Å². The van der Waals surface area contributed by atoms with Crippen LogP contribution in [0.15, 0.2) is 30.5 Å². The number of nitrogen functional groups attached to an aromatic ring is 1. The Balaban J connectivity index is 2.23. The van der Waals surface area contributed by atoms with Gasteiger partial charge in [0.05, 0.1) is 11.5 Å². The quantitative estimate of drug-likeness (QED) is 0.819. The minimum Gasteiger partial charge on any atom is -0.399 e. The van der Waals surface area contributed by atoms with Crippen LogP contribution in [-0.2, 0) is 6.54 Å². The third-order valence-corrected chi connectivity index (χ3v) is 3.08. The highest BCUT2D eigenvalue weighted by Gasteiger charge is 2.16. The molecule has 88 valence electrons. The van der Waals surface area contributed by atoms with E-state index in [1.54, 1.807) is 0 Å². The summed E-state index contributed by atoms with van der Waals surface area (Å²) in [5, 5.41) is 10.1. The summed E-state index contributed by atoms with van der Waals surface area (Å²) in [6, 6.07) is 10.3. The van der Waals surface area contributed by atoms with Gasteiger partial charge >= 0.3 is 0 Å². The van der Waals surface area contributed by atoms with Crippen LogP contribution in [-0.4, -0.2) is 4.57 Å². The van der Waals surface area contributed by atoms with Crippen molar-refractivity contribution in [3.8, 4) is 6.07 Å². The van der Waals surface area contributed by atoms with E-state index < -0.39 is 0 Å². The zero-order valence-electron chi connectivity index (χ0n) is 10.3. The summed E-state index contributed by atoms with van der Waals surface area (Å²) in [5.41, 5.74) is 7.43. The molecule has 1 aromatic heterocycles. The molecule has 3 nitrogen and oxygen atoms in total. The van der Waals surface area contributed by atoms with Gasteiger partial charge in [-0.3, -0.25) is 0 Å². The first-order valence-corrected chi connectivity index (χ1v) is 5.77. The van der Waals surface area contributed by atoms with Gasteiger partial charge < -0.3 is 10.3 Å². The lowest BCUT2D eigenvalue weighted by atomic mass is 9.91. The van der Waals surface area contributed by atoms with E-state index in [-0.39, 0.29) is 5.41 Å². The average Bonchev–Trinajstić information content (AvgIpc) is 2.69. The number of fused-ring (bicyclic) bond motifs is 1. The highest BCUT2D eigenvalue weighted by Crippen LogP contribution is 2.23. The number of nitrogens with two attached hydrogens (primary N) is 1. The molecule has 2 N–H and O–H groups in total. The number of nitriles is 1. The van der Waals surface area contributed by atoms with Crippen molar-refractivity contribution in [1.29, 1.82) is 5.26 Å². The van der Waals surface area contributed by atoms with Crippen molar-refractivity contribution >= 4 is 16.6 Å². The maximum atomic E-state index is 9.00. The molecule has 0 aliphatic rings. The standard InChI is InChI=1S/C14H17N3/c1-14(2,10-15)6-8-17-7-5-11-9-12(16)3-4-13(11)17/h3-5,7,9H,6,8,16H2,1-2H3. The number of nitrogens with zero attached hydrogens (tertiary/aromatic N) is 2. The second-order valence-electron chi connectivity index (χ2n) is 5.07. The molecular weight excluding hydrogens is 210 g/mol. The number of aromatic nitrogens is 1. The number of hydrogen-bond donors (Lipinski definition) is 1.